The lowest BCUT2D eigenvalue weighted by molar-refractivity contribution is -0.116. The first-order valence-electron chi connectivity index (χ1n) is 7.82. The minimum Gasteiger partial charge on any atom is -0.477 e. The maximum absolute atomic E-state index is 12.1. The fourth-order valence-electron chi connectivity index (χ4n) is 2.32. The summed E-state index contributed by atoms with van der Waals surface area (Å²) in [5, 5.41) is 11.6. The number of anilines is 1. The van der Waals surface area contributed by atoms with Crippen LogP contribution in [0.1, 0.15) is 35.7 Å². The van der Waals surface area contributed by atoms with Gasteiger partial charge in [-0.05, 0) is 42.7 Å². The lowest BCUT2D eigenvalue weighted by Gasteiger charge is -2.09. The summed E-state index contributed by atoms with van der Waals surface area (Å²) in [4.78, 5) is 34.9. The molecule has 0 saturated carbocycles. The number of aromatic nitrogens is 1. The van der Waals surface area contributed by atoms with Crippen molar-refractivity contribution in [2.45, 2.75) is 32.7 Å². The van der Waals surface area contributed by atoms with Crippen molar-refractivity contribution in [1.29, 1.82) is 0 Å². The predicted molar refractivity (Wildman–Crippen MR) is 91.3 cm³/mol. The van der Waals surface area contributed by atoms with Crippen molar-refractivity contribution in [3.8, 4) is 0 Å². The smallest absolute Gasteiger partial charge is 0.341 e. The molecule has 1 amide bonds. The summed E-state index contributed by atoms with van der Waals surface area (Å²) in [6.45, 7) is 1.90. The molecule has 6 heteroatoms. The highest BCUT2D eigenvalue weighted by Crippen LogP contribution is 2.11. The van der Waals surface area contributed by atoms with Gasteiger partial charge in [0, 0.05) is 11.9 Å². The van der Waals surface area contributed by atoms with Crippen LogP contribution in [0, 0.1) is 0 Å². The summed E-state index contributed by atoms with van der Waals surface area (Å²) in [6, 6.07) is 10.2. The molecule has 1 aromatic carbocycles. The largest absolute Gasteiger partial charge is 0.477 e. The number of carboxylic acids is 1. The molecular formula is C18H20N2O4. The Morgan fingerprint density at radius 3 is 2.50 bits per heavy atom. The molecule has 0 aliphatic carbocycles. The Labute approximate surface area is 139 Å². The van der Waals surface area contributed by atoms with Crippen LogP contribution in [0.4, 0.5) is 5.69 Å². The van der Waals surface area contributed by atoms with Crippen LogP contribution in [0.5, 0.6) is 0 Å². The standard InChI is InChI=1S/C18H20N2O4/c1-2-3-5-13-7-9-14(10-8-13)19-16(21)12-20-11-4-6-15(17(20)22)18(23)24/h4,6-11H,2-3,5,12H2,1H3,(H,19,21)(H,23,24). The van der Waals surface area contributed by atoms with Crippen LogP contribution in [-0.2, 0) is 17.8 Å². The van der Waals surface area contributed by atoms with Gasteiger partial charge in [0.15, 0.2) is 0 Å². The highest BCUT2D eigenvalue weighted by Gasteiger charge is 2.12. The Hall–Kier alpha value is -2.89. The van der Waals surface area contributed by atoms with Crippen LogP contribution in [0.25, 0.3) is 0 Å². The number of hydrogen-bond donors (Lipinski definition) is 2. The Bertz CT molecular complexity index is 778. The summed E-state index contributed by atoms with van der Waals surface area (Å²) in [5.74, 6) is -1.70. The normalized spacial score (nSPS) is 10.4. The number of carbonyl (C=O) groups is 2. The van der Waals surface area contributed by atoms with E-state index in [4.69, 9.17) is 5.11 Å². The number of aryl methyl sites for hydroxylation is 1. The van der Waals surface area contributed by atoms with E-state index in [0.29, 0.717) is 5.69 Å². The van der Waals surface area contributed by atoms with E-state index in [0.717, 1.165) is 23.8 Å². The van der Waals surface area contributed by atoms with E-state index in [1.165, 1.54) is 23.9 Å². The predicted octanol–water partition coefficient (Wildman–Crippen LogP) is 2.53. The highest BCUT2D eigenvalue weighted by atomic mass is 16.4. The van der Waals surface area contributed by atoms with E-state index in [1.54, 1.807) is 0 Å². The molecule has 1 heterocycles. The third-order valence-electron chi connectivity index (χ3n) is 3.62. The minimum atomic E-state index is -1.31. The first-order chi connectivity index (χ1) is 11.5. The molecule has 0 saturated heterocycles. The molecule has 2 aromatic rings. The van der Waals surface area contributed by atoms with E-state index in [9.17, 15) is 14.4 Å². The molecule has 0 unspecified atom stereocenters. The van der Waals surface area contributed by atoms with Crippen LogP contribution in [0.15, 0.2) is 47.4 Å². The van der Waals surface area contributed by atoms with E-state index >= 15 is 0 Å². The van der Waals surface area contributed by atoms with E-state index in [2.05, 4.69) is 12.2 Å². The maximum Gasteiger partial charge on any atom is 0.341 e. The monoisotopic (exact) mass is 328 g/mol. The SMILES string of the molecule is CCCCc1ccc(NC(=O)Cn2cccc(C(=O)O)c2=O)cc1. The molecule has 6 nitrogen and oxygen atoms in total. The van der Waals surface area contributed by atoms with E-state index in [-0.39, 0.29) is 18.0 Å². The minimum absolute atomic E-state index is 0.239. The number of aromatic carboxylic acids is 1. The second-order valence-electron chi connectivity index (χ2n) is 5.51. The number of carboxylic acid groups (broad SMARTS) is 1. The lowest BCUT2D eigenvalue weighted by atomic mass is 10.1. The van der Waals surface area contributed by atoms with Crippen molar-refractivity contribution in [3.63, 3.8) is 0 Å². The summed E-state index contributed by atoms with van der Waals surface area (Å²) < 4.78 is 1.08. The molecule has 0 aliphatic heterocycles. The number of nitrogens with one attached hydrogen (secondary N) is 1. The van der Waals surface area contributed by atoms with E-state index in [1.807, 2.05) is 24.3 Å². The van der Waals surface area contributed by atoms with Crippen molar-refractivity contribution in [1.82, 2.24) is 4.57 Å². The number of nitrogens with zero attached hydrogens (tertiary/aromatic N) is 1. The van der Waals surface area contributed by atoms with Gasteiger partial charge in [0.2, 0.25) is 5.91 Å². The average Bonchev–Trinajstić information content (AvgIpc) is 2.56. The van der Waals surface area contributed by atoms with Gasteiger partial charge in [-0.3, -0.25) is 9.59 Å². The zero-order valence-electron chi connectivity index (χ0n) is 13.5. The van der Waals surface area contributed by atoms with Crippen molar-refractivity contribution in [2.24, 2.45) is 0 Å². The quantitative estimate of drug-likeness (QED) is 0.817. The molecule has 126 valence electrons. The fourth-order valence-corrected chi connectivity index (χ4v) is 2.32. The van der Waals surface area contributed by atoms with Gasteiger partial charge < -0.3 is 15.0 Å². The summed E-state index contributed by atoms with van der Waals surface area (Å²) in [5.41, 5.74) is 0.795. The van der Waals surface area contributed by atoms with Crippen LogP contribution < -0.4 is 10.9 Å². The summed E-state index contributed by atoms with van der Waals surface area (Å²) in [7, 11) is 0. The van der Waals surface area contributed by atoms with E-state index < -0.39 is 11.5 Å². The number of amides is 1. The summed E-state index contributed by atoms with van der Waals surface area (Å²) in [6.07, 6.45) is 4.64. The highest BCUT2D eigenvalue weighted by molar-refractivity contribution is 5.91. The number of unbranched alkanes of at least 4 members (excludes halogenated alkanes) is 1. The zero-order chi connectivity index (χ0) is 17.5. The molecule has 0 spiro atoms. The summed E-state index contributed by atoms with van der Waals surface area (Å²) >= 11 is 0. The topological polar surface area (TPSA) is 88.4 Å². The number of hydrogen-bond acceptors (Lipinski definition) is 3. The van der Waals surface area contributed by atoms with Crippen molar-refractivity contribution in [3.05, 3.63) is 64.1 Å². The molecule has 0 fully saturated rings. The van der Waals surface area contributed by atoms with Gasteiger partial charge in [-0.15, -0.1) is 0 Å². The molecule has 2 N–H and O–H groups in total. The molecule has 0 bridgehead atoms. The molecule has 0 aliphatic rings. The Balaban J connectivity index is 2.02. The molecule has 24 heavy (non-hydrogen) atoms. The maximum atomic E-state index is 12.1. The van der Waals surface area contributed by atoms with Gasteiger partial charge in [-0.25, -0.2) is 4.79 Å². The van der Waals surface area contributed by atoms with Gasteiger partial charge in [0.05, 0.1) is 0 Å². The van der Waals surface area contributed by atoms with Gasteiger partial charge >= 0.3 is 5.97 Å². The van der Waals surface area contributed by atoms with Gasteiger partial charge in [0.1, 0.15) is 12.1 Å². The fraction of sp³-hybridized carbons (Fsp3) is 0.278. The van der Waals surface area contributed by atoms with Gasteiger partial charge in [-0.1, -0.05) is 25.5 Å². The second kappa shape index (κ2) is 8.10. The third-order valence-corrected chi connectivity index (χ3v) is 3.62. The van der Waals surface area contributed by atoms with Crippen LogP contribution in [-0.4, -0.2) is 21.6 Å². The van der Waals surface area contributed by atoms with Crippen molar-refractivity contribution < 1.29 is 14.7 Å². The van der Waals surface area contributed by atoms with Crippen LogP contribution >= 0.6 is 0 Å². The molecule has 0 atom stereocenters. The van der Waals surface area contributed by atoms with Crippen molar-refractivity contribution >= 4 is 17.6 Å². The first-order valence-corrected chi connectivity index (χ1v) is 7.82. The zero-order valence-corrected chi connectivity index (χ0v) is 13.5. The lowest BCUT2D eigenvalue weighted by Crippen LogP contribution is -2.30. The molecule has 0 radical (unpaired) electrons. The Morgan fingerprint density at radius 1 is 1.17 bits per heavy atom. The van der Waals surface area contributed by atoms with Crippen LogP contribution in [0.2, 0.25) is 0 Å². The van der Waals surface area contributed by atoms with Crippen molar-refractivity contribution in [2.75, 3.05) is 5.32 Å². The van der Waals surface area contributed by atoms with Crippen LogP contribution in [0.3, 0.4) is 0 Å². The molecular weight excluding hydrogens is 308 g/mol. The van der Waals surface area contributed by atoms with Gasteiger partial charge in [-0.2, -0.15) is 0 Å². The number of carbonyl (C=O) groups excluding carboxylic acids is 1. The first kappa shape index (κ1) is 17.5. The average molecular weight is 328 g/mol. The Kier molecular flexibility index (Phi) is 5.89. The Morgan fingerprint density at radius 2 is 1.88 bits per heavy atom. The number of pyridine rings is 1. The number of benzene rings is 1. The molecule has 2 rings (SSSR count). The third kappa shape index (κ3) is 4.55. The van der Waals surface area contributed by atoms with Gasteiger partial charge in [0.25, 0.3) is 5.56 Å². The molecule has 1 aromatic heterocycles. The number of rotatable bonds is 7. The second-order valence-corrected chi connectivity index (χ2v) is 5.51.